The second kappa shape index (κ2) is 4.84. The van der Waals surface area contributed by atoms with Crippen molar-refractivity contribution in [2.45, 2.75) is 45.6 Å². The molecule has 1 heterocycles. The molecule has 1 saturated heterocycles. The monoisotopic (exact) mass is 210 g/mol. The zero-order valence-electron chi connectivity index (χ0n) is 10.3. The molecule has 2 fully saturated rings. The Bertz CT molecular complexity index is 189. The third-order valence-corrected chi connectivity index (χ3v) is 4.67. The molecule has 0 bridgehead atoms. The second-order valence-electron chi connectivity index (χ2n) is 5.76. The molecule has 0 aromatic rings. The lowest BCUT2D eigenvalue weighted by atomic mass is 9.97. The second-order valence-corrected chi connectivity index (χ2v) is 5.76. The summed E-state index contributed by atoms with van der Waals surface area (Å²) in [6.45, 7) is 8.18. The van der Waals surface area contributed by atoms with Crippen LogP contribution in [-0.4, -0.2) is 30.6 Å². The summed E-state index contributed by atoms with van der Waals surface area (Å²) < 4.78 is 0. The Morgan fingerprint density at radius 3 is 2.13 bits per heavy atom. The van der Waals surface area contributed by atoms with Gasteiger partial charge in [-0.15, -0.1) is 0 Å². The van der Waals surface area contributed by atoms with E-state index >= 15 is 0 Å². The number of nitrogens with two attached hydrogens (primary N) is 1. The molecule has 3 atom stereocenters. The van der Waals surface area contributed by atoms with Crippen LogP contribution in [0.5, 0.6) is 0 Å². The van der Waals surface area contributed by atoms with Crippen LogP contribution in [0.15, 0.2) is 0 Å². The molecule has 1 aliphatic carbocycles. The lowest BCUT2D eigenvalue weighted by Gasteiger charge is -2.31. The molecule has 15 heavy (non-hydrogen) atoms. The van der Waals surface area contributed by atoms with Crippen molar-refractivity contribution in [2.75, 3.05) is 19.6 Å². The maximum absolute atomic E-state index is 5.98. The van der Waals surface area contributed by atoms with E-state index in [9.17, 15) is 0 Å². The van der Waals surface area contributed by atoms with Crippen LogP contribution < -0.4 is 5.73 Å². The van der Waals surface area contributed by atoms with E-state index in [1.54, 1.807) is 0 Å². The van der Waals surface area contributed by atoms with E-state index in [4.69, 9.17) is 5.73 Å². The van der Waals surface area contributed by atoms with Gasteiger partial charge in [-0.3, -0.25) is 4.90 Å². The van der Waals surface area contributed by atoms with Crippen LogP contribution in [0.4, 0.5) is 0 Å². The van der Waals surface area contributed by atoms with E-state index in [0.717, 1.165) is 24.3 Å². The van der Waals surface area contributed by atoms with Crippen LogP contribution in [0.3, 0.4) is 0 Å². The SMILES string of the molecule is CC1CN(C(CN)C2CCCC2)CC1C. The Labute approximate surface area is 94.2 Å². The molecule has 2 N–H and O–H groups in total. The molecule has 1 saturated carbocycles. The molecule has 0 radical (unpaired) electrons. The molecular weight excluding hydrogens is 184 g/mol. The van der Waals surface area contributed by atoms with Crippen molar-refractivity contribution in [1.29, 1.82) is 0 Å². The van der Waals surface area contributed by atoms with E-state index in [0.29, 0.717) is 6.04 Å². The van der Waals surface area contributed by atoms with Gasteiger partial charge in [0, 0.05) is 25.7 Å². The minimum Gasteiger partial charge on any atom is -0.329 e. The molecule has 3 unspecified atom stereocenters. The average molecular weight is 210 g/mol. The van der Waals surface area contributed by atoms with Crippen molar-refractivity contribution in [3.8, 4) is 0 Å². The smallest absolute Gasteiger partial charge is 0.0246 e. The minimum absolute atomic E-state index is 0.680. The molecule has 2 aliphatic rings. The van der Waals surface area contributed by atoms with Gasteiger partial charge in [0.05, 0.1) is 0 Å². The Morgan fingerprint density at radius 1 is 1.13 bits per heavy atom. The Kier molecular flexibility index (Phi) is 3.68. The molecule has 2 nitrogen and oxygen atoms in total. The van der Waals surface area contributed by atoms with Gasteiger partial charge < -0.3 is 5.73 Å². The molecule has 2 rings (SSSR count). The van der Waals surface area contributed by atoms with Crippen molar-refractivity contribution in [3.05, 3.63) is 0 Å². The Hall–Kier alpha value is -0.0800. The summed E-state index contributed by atoms with van der Waals surface area (Å²) in [5, 5.41) is 0. The molecule has 1 aliphatic heterocycles. The largest absolute Gasteiger partial charge is 0.329 e. The predicted octanol–water partition coefficient (Wildman–Crippen LogP) is 2.09. The first-order valence-electron chi connectivity index (χ1n) is 6.66. The van der Waals surface area contributed by atoms with Crippen LogP contribution in [-0.2, 0) is 0 Å². The fourth-order valence-electron chi connectivity index (χ4n) is 3.43. The molecular formula is C13H26N2. The van der Waals surface area contributed by atoms with Gasteiger partial charge in [0.15, 0.2) is 0 Å². The Balaban J connectivity index is 1.94. The molecule has 0 spiro atoms. The van der Waals surface area contributed by atoms with Crippen molar-refractivity contribution in [3.63, 3.8) is 0 Å². The molecule has 0 aromatic heterocycles. The predicted molar refractivity (Wildman–Crippen MR) is 64.7 cm³/mol. The third-order valence-electron chi connectivity index (χ3n) is 4.67. The highest BCUT2D eigenvalue weighted by Crippen LogP contribution is 2.33. The van der Waals surface area contributed by atoms with E-state index in [1.807, 2.05) is 0 Å². The highest BCUT2D eigenvalue weighted by atomic mass is 15.2. The van der Waals surface area contributed by atoms with E-state index in [2.05, 4.69) is 18.7 Å². The zero-order valence-corrected chi connectivity index (χ0v) is 10.3. The summed E-state index contributed by atoms with van der Waals surface area (Å²) in [7, 11) is 0. The van der Waals surface area contributed by atoms with Gasteiger partial charge >= 0.3 is 0 Å². The molecule has 2 heteroatoms. The van der Waals surface area contributed by atoms with Crippen LogP contribution in [0.2, 0.25) is 0 Å². The van der Waals surface area contributed by atoms with Crippen molar-refractivity contribution < 1.29 is 0 Å². The summed E-state index contributed by atoms with van der Waals surface area (Å²) in [5.74, 6) is 2.62. The lowest BCUT2D eigenvalue weighted by molar-refractivity contribution is 0.173. The first kappa shape index (κ1) is 11.4. The van der Waals surface area contributed by atoms with Gasteiger partial charge in [0.25, 0.3) is 0 Å². The maximum atomic E-state index is 5.98. The van der Waals surface area contributed by atoms with Crippen molar-refractivity contribution in [2.24, 2.45) is 23.5 Å². The summed E-state index contributed by atoms with van der Waals surface area (Å²) >= 11 is 0. The summed E-state index contributed by atoms with van der Waals surface area (Å²) in [4.78, 5) is 2.67. The van der Waals surface area contributed by atoms with E-state index < -0.39 is 0 Å². The highest BCUT2D eigenvalue weighted by molar-refractivity contribution is 4.89. The number of rotatable bonds is 3. The first-order chi connectivity index (χ1) is 7.22. The molecule has 0 aromatic carbocycles. The van der Waals surface area contributed by atoms with Gasteiger partial charge in [-0.05, 0) is 30.6 Å². The fraction of sp³-hybridized carbons (Fsp3) is 1.00. The number of nitrogens with zero attached hydrogens (tertiary/aromatic N) is 1. The Morgan fingerprint density at radius 2 is 1.67 bits per heavy atom. The van der Waals surface area contributed by atoms with Crippen molar-refractivity contribution in [1.82, 2.24) is 4.90 Å². The van der Waals surface area contributed by atoms with E-state index in [-0.39, 0.29) is 0 Å². The van der Waals surface area contributed by atoms with Crippen LogP contribution >= 0.6 is 0 Å². The quantitative estimate of drug-likeness (QED) is 0.773. The average Bonchev–Trinajstić information content (AvgIpc) is 2.80. The molecule has 0 amide bonds. The highest BCUT2D eigenvalue weighted by Gasteiger charge is 2.35. The fourth-order valence-corrected chi connectivity index (χ4v) is 3.43. The van der Waals surface area contributed by atoms with E-state index in [1.165, 1.54) is 38.8 Å². The van der Waals surface area contributed by atoms with Gasteiger partial charge in [-0.2, -0.15) is 0 Å². The molecule has 88 valence electrons. The standard InChI is InChI=1S/C13H26N2/c1-10-8-15(9-11(10)2)13(7-14)12-5-3-4-6-12/h10-13H,3-9,14H2,1-2H3. The zero-order chi connectivity index (χ0) is 10.8. The normalized spacial score (nSPS) is 36.2. The number of likely N-dealkylation sites (tertiary alicyclic amines) is 1. The van der Waals surface area contributed by atoms with Crippen molar-refractivity contribution >= 4 is 0 Å². The van der Waals surface area contributed by atoms with Gasteiger partial charge in [0.2, 0.25) is 0 Å². The number of hydrogen-bond donors (Lipinski definition) is 1. The van der Waals surface area contributed by atoms with Gasteiger partial charge in [-0.1, -0.05) is 26.7 Å². The lowest BCUT2D eigenvalue weighted by Crippen LogP contribution is -2.43. The summed E-state index contributed by atoms with van der Waals surface area (Å²) in [6, 6.07) is 0.680. The summed E-state index contributed by atoms with van der Waals surface area (Å²) in [6.07, 6.45) is 5.70. The third kappa shape index (κ3) is 2.36. The summed E-state index contributed by atoms with van der Waals surface area (Å²) in [5.41, 5.74) is 5.98. The van der Waals surface area contributed by atoms with Gasteiger partial charge in [-0.25, -0.2) is 0 Å². The minimum atomic E-state index is 0.680. The van der Waals surface area contributed by atoms with Gasteiger partial charge in [0.1, 0.15) is 0 Å². The topological polar surface area (TPSA) is 29.3 Å². The van der Waals surface area contributed by atoms with Crippen LogP contribution in [0.1, 0.15) is 39.5 Å². The maximum Gasteiger partial charge on any atom is 0.0246 e. The number of hydrogen-bond acceptors (Lipinski definition) is 2. The first-order valence-corrected chi connectivity index (χ1v) is 6.66. The van der Waals surface area contributed by atoms with Crippen LogP contribution in [0, 0.1) is 17.8 Å². The van der Waals surface area contributed by atoms with Crippen LogP contribution in [0.25, 0.3) is 0 Å².